The van der Waals surface area contributed by atoms with E-state index in [0.717, 1.165) is 18.7 Å². The zero-order chi connectivity index (χ0) is 25.1. The van der Waals surface area contributed by atoms with Gasteiger partial charge in [0.25, 0.3) is 5.91 Å². The number of nitrogens with zero attached hydrogens (tertiary/aromatic N) is 5. The van der Waals surface area contributed by atoms with E-state index in [1.807, 2.05) is 30.3 Å². The number of piperidine rings is 1. The second-order valence-corrected chi connectivity index (χ2v) is 8.53. The molecule has 0 bridgehead atoms. The highest BCUT2D eigenvalue weighted by Crippen LogP contribution is 2.30. The van der Waals surface area contributed by atoms with Gasteiger partial charge in [0, 0.05) is 36.6 Å². The molecule has 1 amide bonds. The Morgan fingerprint density at radius 1 is 1.08 bits per heavy atom. The van der Waals surface area contributed by atoms with Gasteiger partial charge in [-0.3, -0.25) is 4.79 Å². The molecule has 5 rings (SSSR count). The maximum atomic E-state index is 13.2. The Kier molecular flexibility index (Phi) is 6.59. The summed E-state index contributed by atoms with van der Waals surface area (Å²) < 4.78 is 10.8. The number of anilines is 2. The number of carbonyl (C=O) groups is 1. The van der Waals surface area contributed by atoms with Crippen molar-refractivity contribution in [3.63, 3.8) is 0 Å². The van der Waals surface area contributed by atoms with Crippen molar-refractivity contribution in [3.05, 3.63) is 66.2 Å². The van der Waals surface area contributed by atoms with E-state index in [2.05, 4.69) is 30.3 Å². The summed E-state index contributed by atoms with van der Waals surface area (Å²) in [5.74, 6) is 0.917. The van der Waals surface area contributed by atoms with Crippen molar-refractivity contribution in [2.75, 3.05) is 30.4 Å². The van der Waals surface area contributed by atoms with Gasteiger partial charge in [0.05, 0.1) is 18.9 Å². The molecule has 0 unspecified atom stereocenters. The molecule has 184 valence electrons. The van der Waals surface area contributed by atoms with Crippen molar-refractivity contribution in [3.8, 4) is 28.4 Å². The minimum Gasteiger partial charge on any atom is -0.479 e. The SMILES string of the molecule is COc1nc(-c2cnc(N3CCC(O)CC3)nc2)ccc1NC(=O)c1c(-c2ccccc2)noc1C. The average molecular weight is 487 g/mol. The molecule has 1 aliphatic rings. The van der Waals surface area contributed by atoms with Crippen LogP contribution in [0.5, 0.6) is 5.88 Å². The summed E-state index contributed by atoms with van der Waals surface area (Å²) in [4.78, 5) is 28.7. The summed E-state index contributed by atoms with van der Waals surface area (Å²) >= 11 is 0. The standard InChI is InChI=1S/C26H26N6O4/c1-16-22(23(31-36-16)17-6-4-3-5-7-17)24(34)29-21-9-8-20(30-25(21)35-2)18-14-27-26(28-15-18)32-12-10-19(33)11-13-32/h3-9,14-15,19,33H,10-13H2,1-2H3,(H,29,34). The number of carbonyl (C=O) groups excluding carboxylic acids is 1. The normalized spacial score (nSPS) is 14.0. The largest absolute Gasteiger partial charge is 0.479 e. The van der Waals surface area contributed by atoms with Crippen LogP contribution in [0, 0.1) is 6.92 Å². The quantitative estimate of drug-likeness (QED) is 0.419. The molecule has 1 aliphatic heterocycles. The number of pyridine rings is 1. The molecule has 4 heterocycles. The van der Waals surface area contributed by atoms with Crippen molar-refractivity contribution in [1.82, 2.24) is 20.1 Å². The minimum atomic E-state index is -0.375. The summed E-state index contributed by atoms with van der Waals surface area (Å²) in [6, 6.07) is 12.9. The van der Waals surface area contributed by atoms with Gasteiger partial charge in [-0.1, -0.05) is 35.5 Å². The summed E-state index contributed by atoms with van der Waals surface area (Å²) in [6.07, 6.45) is 4.58. The van der Waals surface area contributed by atoms with Crippen LogP contribution in [0.3, 0.4) is 0 Å². The third-order valence-electron chi connectivity index (χ3n) is 6.12. The average Bonchev–Trinajstić information content (AvgIpc) is 3.31. The number of aryl methyl sites for hydroxylation is 1. The summed E-state index contributed by atoms with van der Waals surface area (Å²) in [7, 11) is 1.49. The lowest BCUT2D eigenvalue weighted by Crippen LogP contribution is -2.36. The van der Waals surface area contributed by atoms with Crippen molar-refractivity contribution in [2.24, 2.45) is 0 Å². The van der Waals surface area contributed by atoms with Crippen LogP contribution >= 0.6 is 0 Å². The zero-order valence-corrected chi connectivity index (χ0v) is 20.0. The second-order valence-electron chi connectivity index (χ2n) is 8.53. The lowest BCUT2D eigenvalue weighted by Gasteiger charge is -2.29. The lowest BCUT2D eigenvalue weighted by molar-refractivity contribution is 0.102. The highest BCUT2D eigenvalue weighted by atomic mass is 16.5. The van der Waals surface area contributed by atoms with Crippen LogP contribution in [-0.4, -0.2) is 57.4 Å². The molecule has 1 fully saturated rings. The Labute approximate surface area is 208 Å². The molecule has 10 heteroatoms. The lowest BCUT2D eigenvalue weighted by atomic mass is 10.1. The number of rotatable bonds is 6. The predicted molar refractivity (Wildman–Crippen MR) is 134 cm³/mol. The Morgan fingerprint density at radius 2 is 1.81 bits per heavy atom. The van der Waals surface area contributed by atoms with Crippen LogP contribution in [0.4, 0.5) is 11.6 Å². The molecule has 0 aliphatic carbocycles. The summed E-state index contributed by atoms with van der Waals surface area (Å²) in [5.41, 5.74) is 3.33. The molecular weight excluding hydrogens is 460 g/mol. The molecule has 1 saturated heterocycles. The summed E-state index contributed by atoms with van der Waals surface area (Å²) in [6.45, 7) is 3.14. The zero-order valence-electron chi connectivity index (χ0n) is 20.0. The predicted octanol–water partition coefficient (Wildman–Crippen LogP) is 3.72. The highest BCUT2D eigenvalue weighted by Gasteiger charge is 2.23. The van der Waals surface area contributed by atoms with Gasteiger partial charge < -0.3 is 24.6 Å². The fourth-order valence-corrected chi connectivity index (χ4v) is 4.15. The number of hydrogen-bond acceptors (Lipinski definition) is 9. The maximum Gasteiger partial charge on any atom is 0.261 e. The van der Waals surface area contributed by atoms with Crippen molar-refractivity contribution >= 4 is 17.5 Å². The van der Waals surface area contributed by atoms with E-state index < -0.39 is 0 Å². The Balaban J connectivity index is 1.35. The van der Waals surface area contributed by atoms with Crippen molar-refractivity contribution in [2.45, 2.75) is 25.9 Å². The van der Waals surface area contributed by atoms with Gasteiger partial charge in [-0.25, -0.2) is 15.0 Å². The Bertz CT molecular complexity index is 1350. The third-order valence-corrected chi connectivity index (χ3v) is 6.12. The van der Waals surface area contributed by atoms with Crippen molar-refractivity contribution < 1.29 is 19.2 Å². The van der Waals surface area contributed by atoms with Gasteiger partial charge in [0.15, 0.2) is 0 Å². The topological polar surface area (TPSA) is 126 Å². The van der Waals surface area contributed by atoms with Gasteiger partial charge >= 0.3 is 0 Å². The number of hydrogen-bond donors (Lipinski definition) is 2. The molecule has 1 aromatic carbocycles. The first kappa shape index (κ1) is 23.4. The molecule has 0 radical (unpaired) electrons. The first-order valence-electron chi connectivity index (χ1n) is 11.7. The number of benzene rings is 1. The molecular formula is C26H26N6O4. The van der Waals surface area contributed by atoms with Gasteiger partial charge in [-0.2, -0.15) is 0 Å². The number of amides is 1. The Hall–Kier alpha value is -4.31. The van der Waals surface area contributed by atoms with E-state index in [-0.39, 0.29) is 17.9 Å². The first-order valence-corrected chi connectivity index (χ1v) is 11.7. The van der Waals surface area contributed by atoms with Gasteiger partial charge in [0.1, 0.15) is 22.7 Å². The van der Waals surface area contributed by atoms with E-state index in [1.165, 1.54) is 7.11 Å². The van der Waals surface area contributed by atoms with Crippen molar-refractivity contribution in [1.29, 1.82) is 0 Å². The van der Waals surface area contributed by atoms with E-state index in [1.54, 1.807) is 31.5 Å². The molecule has 2 N–H and O–H groups in total. The number of aromatic nitrogens is 4. The van der Waals surface area contributed by atoms with Crippen LogP contribution in [0.2, 0.25) is 0 Å². The minimum absolute atomic E-state index is 0.255. The number of methoxy groups -OCH3 is 1. The first-order chi connectivity index (χ1) is 17.5. The smallest absolute Gasteiger partial charge is 0.261 e. The van der Waals surface area contributed by atoms with Crippen LogP contribution in [0.25, 0.3) is 22.5 Å². The van der Waals surface area contributed by atoms with Crippen LogP contribution in [0.1, 0.15) is 29.0 Å². The number of ether oxygens (including phenoxy) is 1. The molecule has 4 aromatic rings. The maximum absolute atomic E-state index is 13.2. The molecule has 0 saturated carbocycles. The number of nitrogens with one attached hydrogen (secondary N) is 1. The van der Waals surface area contributed by atoms with Crippen LogP contribution in [-0.2, 0) is 0 Å². The molecule has 0 atom stereocenters. The fraction of sp³-hybridized carbons (Fsp3) is 0.269. The van der Waals surface area contributed by atoms with Crippen LogP contribution in [0.15, 0.2) is 59.4 Å². The summed E-state index contributed by atoms with van der Waals surface area (Å²) in [5, 5.41) is 16.6. The van der Waals surface area contributed by atoms with Gasteiger partial charge in [-0.05, 0) is 31.9 Å². The highest BCUT2D eigenvalue weighted by molar-refractivity contribution is 6.09. The van der Waals surface area contributed by atoms with E-state index in [4.69, 9.17) is 9.26 Å². The number of aliphatic hydroxyl groups excluding tert-OH is 1. The van der Waals surface area contributed by atoms with Gasteiger partial charge in [0.2, 0.25) is 11.8 Å². The Morgan fingerprint density at radius 3 is 2.50 bits per heavy atom. The molecule has 36 heavy (non-hydrogen) atoms. The fourth-order valence-electron chi connectivity index (χ4n) is 4.15. The second kappa shape index (κ2) is 10.1. The number of aliphatic hydroxyl groups is 1. The molecule has 10 nitrogen and oxygen atoms in total. The third kappa shape index (κ3) is 4.76. The van der Waals surface area contributed by atoms with E-state index in [9.17, 15) is 9.90 Å². The monoisotopic (exact) mass is 486 g/mol. The molecule has 0 spiro atoms. The molecule has 3 aromatic heterocycles. The van der Waals surface area contributed by atoms with Gasteiger partial charge in [-0.15, -0.1) is 0 Å². The van der Waals surface area contributed by atoms with Crippen LogP contribution < -0.4 is 15.0 Å². The van der Waals surface area contributed by atoms with E-state index in [0.29, 0.717) is 52.8 Å². The van der Waals surface area contributed by atoms with E-state index >= 15 is 0 Å².